The molecule has 2 heterocycles. The Balaban J connectivity index is 1.12. The lowest BCUT2D eigenvalue weighted by Crippen LogP contribution is -2.10. The van der Waals surface area contributed by atoms with Crippen molar-refractivity contribution in [2.24, 2.45) is 0 Å². The molecule has 0 unspecified atom stereocenters. The van der Waals surface area contributed by atoms with Gasteiger partial charge >= 0.3 is 0 Å². The Morgan fingerprint density at radius 3 is 1.80 bits per heavy atom. The van der Waals surface area contributed by atoms with E-state index >= 15 is 0 Å². The second kappa shape index (κ2) is 12.2. The van der Waals surface area contributed by atoms with Crippen molar-refractivity contribution in [2.45, 2.75) is 0 Å². The Bertz CT molecular complexity index is 3240. The summed E-state index contributed by atoms with van der Waals surface area (Å²) in [4.78, 5) is 6.88. The third kappa shape index (κ3) is 4.87. The van der Waals surface area contributed by atoms with E-state index in [1.165, 1.54) is 54.6 Å². The van der Waals surface area contributed by atoms with Gasteiger partial charge in [-0.15, -0.1) is 0 Å². The molecule has 0 radical (unpaired) electrons. The van der Waals surface area contributed by atoms with E-state index in [2.05, 4.69) is 192 Å². The van der Waals surface area contributed by atoms with Gasteiger partial charge < -0.3 is 9.32 Å². The second-order valence-electron chi connectivity index (χ2n) is 14.0. The molecule has 0 aliphatic heterocycles. The van der Waals surface area contributed by atoms with Crippen LogP contribution >= 0.6 is 0 Å². The molecule has 0 aliphatic carbocycles. The summed E-state index contributed by atoms with van der Waals surface area (Å²) >= 11 is 0. The summed E-state index contributed by atoms with van der Waals surface area (Å²) in [6, 6.07) is 67.9. The summed E-state index contributed by atoms with van der Waals surface area (Å²) in [6.07, 6.45) is 1.78. The molecule has 2 aromatic heterocycles. The van der Waals surface area contributed by atoms with Crippen molar-refractivity contribution in [1.29, 1.82) is 0 Å². The molecule has 0 fully saturated rings. The molecule has 54 heavy (non-hydrogen) atoms. The zero-order valence-corrected chi connectivity index (χ0v) is 29.3. The minimum Gasteiger partial charge on any atom is -0.437 e. The maximum absolute atomic E-state index is 6.34. The number of nitrogens with zero attached hydrogens (tertiary/aromatic N) is 2. The largest absolute Gasteiger partial charge is 0.437 e. The highest BCUT2D eigenvalue weighted by molar-refractivity contribution is 6.16. The van der Waals surface area contributed by atoms with E-state index in [0.717, 1.165) is 44.2 Å². The van der Waals surface area contributed by atoms with E-state index in [9.17, 15) is 0 Å². The van der Waals surface area contributed by atoms with Crippen LogP contribution < -0.4 is 4.90 Å². The zero-order valence-electron chi connectivity index (χ0n) is 29.3. The number of pyridine rings is 1. The first-order valence-electron chi connectivity index (χ1n) is 18.4. The number of hydrogen-bond donors (Lipinski definition) is 0. The van der Waals surface area contributed by atoms with Crippen LogP contribution in [-0.2, 0) is 0 Å². The summed E-state index contributed by atoms with van der Waals surface area (Å²) < 4.78 is 6.34. The Morgan fingerprint density at radius 2 is 0.963 bits per heavy atom. The molecular formula is C51H32N2O. The molecule has 0 saturated heterocycles. The molecule has 11 aromatic rings. The SMILES string of the molecule is c1cc(-c2cccc3ccccc23)cc(N(c2cccc(-c3cc4ccccc4c4ccccc34)c2)c2ccc3c(ccc4c5cccnc5oc34)c2)c1. The van der Waals surface area contributed by atoms with Crippen LogP contribution in [-0.4, -0.2) is 4.98 Å². The molecule has 0 bridgehead atoms. The van der Waals surface area contributed by atoms with Gasteiger partial charge in [0.1, 0.15) is 5.58 Å². The molecule has 0 saturated carbocycles. The summed E-state index contributed by atoms with van der Waals surface area (Å²) in [5, 5.41) is 11.8. The molecule has 3 nitrogen and oxygen atoms in total. The third-order valence-electron chi connectivity index (χ3n) is 10.9. The molecule has 0 spiro atoms. The quantitative estimate of drug-likeness (QED) is 0.169. The molecule has 0 atom stereocenters. The zero-order chi connectivity index (χ0) is 35.6. The van der Waals surface area contributed by atoms with Crippen molar-refractivity contribution in [3.63, 3.8) is 0 Å². The van der Waals surface area contributed by atoms with E-state index < -0.39 is 0 Å². The summed E-state index contributed by atoms with van der Waals surface area (Å²) in [5.41, 5.74) is 9.51. The van der Waals surface area contributed by atoms with Gasteiger partial charge in [-0.25, -0.2) is 4.98 Å². The van der Waals surface area contributed by atoms with E-state index in [1.54, 1.807) is 6.20 Å². The Kier molecular flexibility index (Phi) is 6.86. The van der Waals surface area contributed by atoms with Crippen LogP contribution in [0.1, 0.15) is 0 Å². The minimum absolute atomic E-state index is 0.661. The monoisotopic (exact) mass is 688 g/mol. The van der Waals surface area contributed by atoms with Gasteiger partial charge in [0.2, 0.25) is 5.71 Å². The van der Waals surface area contributed by atoms with Crippen LogP contribution in [0.25, 0.3) is 87.4 Å². The summed E-state index contributed by atoms with van der Waals surface area (Å²) in [7, 11) is 0. The van der Waals surface area contributed by atoms with Crippen molar-refractivity contribution >= 4 is 82.2 Å². The smallest absolute Gasteiger partial charge is 0.227 e. The number of benzene rings is 9. The van der Waals surface area contributed by atoms with Crippen LogP contribution in [0, 0.1) is 0 Å². The Morgan fingerprint density at radius 1 is 0.352 bits per heavy atom. The van der Waals surface area contributed by atoms with Crippen molar-refractivity contribution in [1.82, 2.24) is 4.98 Å². The predicted molar refractivity (Wildman–Crippen MR) is 227 cm³/mol. The van der Waals surface area contributed by atoms with Crippen molar-refractivity contribution in [3.8, 4) is 22.3 Å². The topological polar surface area (TPSA) is 29.3 Å². The molecule has 252 valence electrons. The lowest BCUT2D eigenvalue weighted by atomic mass is 9.93. The van der Waals surface area contributed by atoms with Gasteiger partial charge in [0.25, 0.3) is 0 Å². The van der Waals surface area contributed by atoms with Gasteiger partial charge in [0.05, 0.1) is 0 Å². The normalized spacial score (nSPS) is 11.7. The fourth-order valence-electron chi connectivity index (χ4n) is 8.37. The first kappa shape index (κ1) is 30.4. The highest BCUT2D eigenvalue weighted by Gasteiger charge is 2.18. The summed E-state index contributed by atoms with van der Waals surface area (Å²) in [6.45, 7) is 0. The van der Waals surface area contributed by atoms with E-state index in [4.69, 9.17) is 4.42 Å². The Labute approximate surface area is 312 Å². The van der Waals surface area contributed by atoms with E-state index in [1.807, 2.05) is 6.07 Å². The van der Waals surface area contributed by atoms with Gasteiger partial charge in [-0.2, -0.15) is 0 Å². The first-order valence-corrected chi connectivity index (χ1v) is 18.4. The van der Waals surface area contributed by atoms with Crippen molar-refractivity contribution < 1.29 is 4.42 Å². The number of anilines is 3. The molecule has 11 rings (SSSR count). The van der Waals surface area contributed by atoms with E-state index in [-0.39, 0.29) is 0 Å². The van der Waals surface area contributed by atoms with Gasteiger partial charge in [-0.3, -0.25) is 0 Å². The number of aromatic nitrogens is 1. The standard InChI is InChI=1S/C51H32N2O/c1-3-18-41-33(11-1)13-9-22-42(41)34-14-7-16-38(29-34)53(40-25-27-44-37(31-40)24-26-47-48-23-10-28-52-51(48)54-50(44)47)39-17-8-15-35(30-39)49-32-36-12-2-4-19-43(36)45-20-5-6-21-46(45)49/h1-32H. The molecule has 3 heteroatoms. The number of hydrogen-bond acceptors (Lipinski definition) is 3. The van der Waals surface area contributed by atoms with Gasteiger partial charge in [-0.1, -0.05) is 121 Å². The van der Waals surface area contributed by atoms with E-state index in [0.29, 0.717) is 5.71 Å². The lowest BCUT2D eigenvalue weighted by Gasteiger charge is -2.27. The average Bonchev–Trinajstić information content (AvgIpc) is 3.63. The molecule has 0 amide bonds. The lowest BCUT2D eigenvalue weighted by molar-refractivity contribution is 0.657. The van der Waals surface area contributed by atoms with Crippen LogP contribution in [0.2, 0.25) is 0 Å². The fourth-order valence-corrected chi connectivity index (χ4v) is 8.37. The number of rotatable bonds is 5. The minimum atomic E-state index is 0.661. The maximum atomic E-state index is 6.34. The average molecular weight is 689 g/mol. The molecule has 0 aliphatic rings. The summed E-state index contributed by atoms with van der Waals surface area (Å²) in [5.74, 6) is 0. The molecule has 9 aromatic carbocycles. The highest BCUT2D eigenvalue weighted by atomic mass is 16.3. The van der Waals surface area contributed by atoms with Gasteiger partial charge in [-0.05, 0) is 127 Å². The molecule has 0 N–H and O–H groups in total. The Hall–Kier alpha value is -7.23. The van der Waals surface area contributed by atoms with Crippen molar-refractivity contribution in [3.05, 3.63) is 194 Å². The maximum Gasteiger partial charge on any atom is 0.227 e. The van der Waals surface area contributed by atoms with Gasteiger partial charge in [0.15, 0.2) is 0 Å². The second-order valence-corrected chi connectivity index (χ2v) is 14.0. The molecular weight excluding hydrogens is 657 g/mol. The number of fused-ring (bicyclic) bond motifs is 9. The van der Waals surface area contributed by atoms with Crippen LogP contribution in [0.5, 0.6) is 0 Å². The fraction of sp³-hybridized carbons (Fsp3) is 0. The first-order chi connectivity index (χ1) is 26.8. The van der Waals surface area contributed by atoms with Crippen molar-refractivity contribution in [2.75, 3.05) is 4.90 Å². The predicted octanol–water partition coefficient (Wildman–Crippen LogP) is 14.4. The van der Waals surface area contributed by atoms with Crippen LogP contribution in [0.3, 0.4) is 0 Å². The third-order valence-corrected chi connectivity index (χ3v) is 10.9. The highest BCUT2D eigenvalue weighted by Crippen LogP contribution is 2.43. The van der Waals surface area contributed by atoms with Crippen LogP contribution in [0.15, 0.2) is 199 Å². The van der Waals surface area contributed by atoms with Crippen LogP contribution in [0.4, 0.5) is 17.1 Å². The number of furan rings is 1. The van der Waals surface area contributed by atoms with Gasteiger partial charge in [0, 0.05) is 39.4 Å².